The maximum Gasteiger partial charge on any atom is 0.222 e. The SMILES string of the molecule is Cc1cc(-c2cccs2)nc([C@@H]2CCCN(C(=O)CCCn3cncn3)C2)n1. The highest BCUT2D eigenvalue weighted by Gasteiger charge is 2.26. The Kier molecular flexibility index (Phi) is 5.76. The first-order valence-corrected chi connectivity index (χ1v) is 10.6. The molecule has 1 atom stereocenters. The predicted molar refractivity (Wildman–Crippen MR) is 108 cm³/mol. The number of thiophene rings is 1. The summed E-state index contributed by atoms with van der Waals surface area (Å²) in [6.45, 7) is 4.25. The first-order chi connectivity index (χ1) is 13.7. The van der Waals surface area contributed by atoms with Crippen molar-refractivity contribution in [3.8, 4) is 10.6 Å². The molecule has 1 aliphatic heterocycles. The number of nitrogens with zero attached hydrogens (tertiary/aromatic N) is 6. The summed E-state index contributed by atoms with van der Waals surface area (Å²) in [5.74, 6) is 1.27. The Morgan fingerprint density at radius 1 is 1.36 bits per heavy atom. The Morgan fingerprint density at radius 2 is 2.29 bits per heavy atom. The number of aromatic nitrogens is 5. The third kappa shape index (κ3) is 4.44. The Hall–Kier alpha value is -2.61. The molecule has 0 unspecified atom stereocenters. The van der Waals surface area contributed by atoms with Crippen molar-refractivity contribution in [2.75, 3.05) is 13.1 Å². The number of aryl methyl sites for hydroxylation is 2. The summed E-state index contributed by atoms with van der Waals surface area (Å²) in [6.07, 6.45) is 6.51. The minimum absolute atomic E-state index is 0.201. The average molecular weight is 397 g/mol. The van der Waals surface area contributed by atoms with E-state index in [9.17, 15) is 4.79 Å². The molecule has 0 aliphatic carbocycles. The molecule has 1 fully saturated rings. The van der Waals surface area contributed by atoms with Crippen LogP contribution in [-0.4, -0.2) is 48.6 Å². The van der Waals surface area contributed by atoms with Crippen LogP contribution in [0.3, 0.4) is 0 Å². The maximum absolute atomic E-state index is 12.7. The molecular formula is C20H24N6OS. The van der Waals surface area contributed by atoms with Crippen LogP contribution in [-0.2, 0) is 11.3 Å². The summed E-state index contributed by atoms with van der Waals surface area (Å²) < 4.78 is 1.76. The first-order valence-electron chi connectivity index (χ1n) is 9.68. The van der Waals surface area contributed by atoms with Gasteiger partial charge < -0.3 is 4.90 Å². The van der Waals surface area contributed by atoms with E-state index in [0.29, 0.717) is 19.5 Å². The van der Waals surface area contributed by atoms with E-state index in [1.165, 1.54) is 6.33 Å². The second-order valence-electron chi connectivity index (χ2n) is 7.17. The number of rotatable bonds is 6. The monoisotopic (exact) mass is 396 g/mol. The summed E-state index contributed by atoms with van der Waals surface area (Å²) in [5.41, 5.74) is 1.96. The van der Waals surface area contributed by atoms with E-state index >= 15 is 0 Å². The van der Waals surface area contributed by atoms with Gasteiger partial charge in [0.1, 0.15) is 18.5 Å². The van der Waals surface area contributed by atoms with Gasteiger partial charge in [-0.2, -0.15) is 5.10 Å². The van der Waals surface area contributed by atoms with Crippen molar-refractivity contribution in [1.82, 2.24) is 29.6 Å². The molecule has 0 radical (unpaired) electrons. The zero-order chi connectivity index (χ0) is 19.3. The Morgan fingerprint density at radius 3 is 3.07 bits per heavy atom. The van der Waals surface area contributed by atoms with Gasteiger partial charge in [0, 0.05) is 37.7 Å². The lowest BCUT2D eigenvalue weighted by Crippen LogP contribution is -2.39. The second-order valence-corrected chi connectivity index (χ2v) is 8.12. The number of likely N-dealkylation sites (tertiary alicyclic amines) is 1. The summed E-state index contributed by atoms with van der Waals surface area (Å²) in [5, 5.41) is 6.14. The van der Waals surface area contributed by atoms with Gasteiger partial charge in [-0.1, -0.05) is 6.07 Å². The Balaban J connectivity index is 1.40. The fourth-order valence-electron chi connectivity index (χ4n) is 3.64. The molecular weight excluding hydrogens is 372 g/mol. The highest BCUT2D eigenvalue weighted by Crippen LogP contribution is 2.29. The van der Waals surface area contributed by atoms with Gasteiger partial charge >= 0.3 is 0 Å². The lowest BCUT2D eigenvalue weighted by Gasteiger charge is -2.32. The number of piperidine rings is 1. The normalized spacial score (nSPS) is 17.0. The number of hydrogen-bond donors (Lipinski definition) is 0. The largest absolute Gasteiger partial charge is 0.342 e. The molecule has 4 rings (SSSR count). The van der Waals surface area contributed by atoms with Crippen LogP contribution in [0, 0.1) is 6.92 Å². The van der Waals surface area contributed by atoms with Gasteiger partial charge in [0.2, 0.25) is 5.91 Å². The van der Waals surface area contributed by atoms with Crippen LogP contribution in [0.15, 0.2) is 36.2 Å². The molecule has 7 nitrogen and oxygen atoms in total. The Bertz CT molecular complexity index is 909. The molecule has 0 N–H and O–H groups in total. The zero-order valence-electron chi connectivity index (χ0n) is 16.0. The highest BCUT2D eigenvalue weighted by molar-refractivity contribution is 7.13. The number of amides is 1. The predicted octanol–water partition coefficient (Wildman–Crippen LogP) is 3.29. The molecule has 1 saturated heterocycles. The molecule has 28 heavy (non-hydrogen) atoms. The van der Waals surface area contributed by atoms with Crippen LogP contribution >= 0.6 is 11.3 Å². The van der Waals surface area contributed by atoms with Gasteiger partial charge in [-0.15, -0.1) is 11.3 Å². The first kappa shape index (κ1) is 18.7. The van der Waals surface area contributed by atoms with Gasteiger partial charge in [0.05, 0.1) is 10.6 Å². The van der Waals surface area contributed by atoms with E-state index < -0.39 is 0 Å². The van der Waals surface area contributed by atoms with Crippen LogP contribution in [0.2, 0.25) is 0 Å². The molecule has 0 spiro atoms. The van der Waals surface area contributed by atoms with E-state index in [1.54, 1.807) is 22.3 Å². The smallest absolute Gasteiger partial charge is 0.222 e. The third-order valence-electron chi connectivity index (χ3n) is 5.03. The molecule has 1 amide bonds. The molecule has 3 aromatic rings. The standard InChI is InChI=1S/C20H24N6OS/c1-15-11-17(18-6-4-10-28-18)24-20(23-15)16-5-2-8-25(12-16)19(27)7-3-9-26-14-21-13-22-26/h4,6,10-11,13-14,16H,2-3,5,7-9,12H2,1H3/t16-/m1/s1. The lowest BCUT2D eigenvalue weighted by atomic mass is 9.96. The van der Waals surface area contributed by atoms with Crippen LogP contribution in [0.5, 0.6) is 0 Å². The fourth-order valence-corrected chi connectivity index (χ4v) is 4.32. The third-order valence-corrected chi connectivity index (χ3v) is 5.92. The molecule has 8 heteroatoms. The van der Waals surface area contributed by atoms with Crippen molar-refractivity contribution in [2.45, 2.75) is 45.1 Å². The fraction of sp³-hybridized carbons (Fsp3) is 0.450. The molecule has 146 valence electrons. The van der Waals surface area contributed by atoms with E-state index in [-0.39, 0.29) is 11.8 Å². The van der Waals surface area contributed by atoms with E-state index in [1.807, 2.05) is 24.0 Å². The van der Waals surface area contributed by atoms with Crippen molar-refractivity contribution in [2.24, 2.45) is 0 Å². The van der Waals surface area contributed by atoms with Gasteiger partial charge in [0.15, 0.2) is 0 Å². The van der Waals surface area contributed by atoms with E-state index in [4.69, 9.17) is 9.97 Å². The Labute approximate surface area is 168 Å². The zero-order valence-corrected chi connectivity index (χ0v) is 16.8. The second kappa shape index (κ2) is 8.60. The van der Waals surface area contributed by atoms with E-state index in [0.717, 1.165) is 47.9 Å². The number of carbonyl (C=O) groups is 1. The number of carbonyl (C=O) groups excluding carboxylic acids is 1. The van der Waals surface area contributed by atoms with Gasteiger partial charge in [-0.3, -0.25) is 9.48 Å². The van der Waals surface area contributed by atoms with Crippen LogP contribution in [0.1, 0.15) is 43.1 Å². The summed E-state index contributed by atoms with van der Waals surface area (Å²) >= 11 is 1.69. The van der Waals surface area contributed by atoms with Crippen molar-refractivity contribution >= 4 is 17.2 Å². The topological polar surface area (TPSA) is 76.8 Å². The molecule has 0 saturated carbocycles. The van der Waals surface area contributed by atoms with Crippen LogP contribution in [0.25, 0.3) is 10.6 Å². The quantitative estimate of drug-likeness (QED) is 0.639. The van der Waals surface area contributed by atoms with Gasteiger partial charge in [0.25, 0.3) is 0 Å². The minimum atomic E-state index is 0.201. The van der Waals surface area contributed by atoms with Crippen molar-refractivity contribution in [3.63, 3.8) is 0 Å². The summed E-state index contributed by atoms with van der Waals surface area (Å²) in [7, 11) is 0. The molecule has 4 heterocycles. The number of hydrogen-bond acceptors (Lipinski definition) is 6. The minimum Gasteiger partial charge on any atom is -0.342 e. The van der Waals surface area contributed by atoms with E-state index in [2.05, 4.69) is 21.5 Å². The van der Waals surface area contributed by atoms with Crippen molar-refractivity contribution in [1.29, 1.82) is 0 Å². The lowest BCUT2D eigenvalue weighted by molar-refractivity contribution is -0.132. The van der Waals surface area contributed by atoms with Gasteiger partial charge in [-0.05, 0) is 43.7 Å². The summed E-state index contributed by atoms with van der Waals surface area (Å²) in [4.78, 5) is 29.3. The maximum atomic E-state index is 12.7. The highest BCUT2D eigenvalue weighted by atomic mass is 32.1. The molecule has 1 aliphatic rings. The van der Waals surface area contributed by atoms with Gasteiger partial charge in [-0.25, -0.2) is 15.0 Å². The van der Waals surface area contributed by atoms with Crippen LogP contribution < -0.4 is 0 Å². The molecule has 0 aromatic carbocycles. The molecule has 0 bridgehead atoms. The molecule has 3 aromatic heterocycles. The average Bonchev–Trinajstić information content (AvgIpc) is 3.42. The van der Waals surface area contributed by atoms with Crippen molar-refractivity contribution in [3.05, 3.63) is 47.8 Å². The van der Waals surface area contributed by atoms with Crippen LogP contribution in [0.4, 0.5) is 0 Å². The summed E-state index contributed by atoms with van der Waals surface area (Å²) in [6, 6.07) is 6.16. The van der Waals surface area contributed by atoms with Crippen molar-refractivity contribution < 1.29 is 4.79 Å².